The quantitative estimate of drug-likeness (QED) is 0.381. The summed E-state index contributed by atoms with van der Waals surface area (Å²) < 4.78 is 4.81. The standard InChI is InChI=1S/C16H21N3O6/c1-3-25-14(21)7-10(2)15(16(17)22)18-13(20)9-11-5-4-6-12(8-11)19(23)24/h4-6,8,10,15H,3,7,9H2,1-2H3,(H2,17,22)(H,18,20)/t10-,15-/m0/s1. The summed E-state index contributed by atoms with van der Waals surface area (Å²) in [7, 11) is 0. The van der Waals surface area contributed by atoms with E-state index in [0.717, 1.165) is 0 Å². The van der Waals surface area contributed by atoms with E-state index in [0.29, 0.717) is 5.56 Å². The summed E-state index contributed by atoms with van der Waals surface area (Å²) in [5.41, 5.74) is 5.59. The molecular formula is C16H21N3O6. The fraction of sp³-hybridized carbons (Fsp3) is 0.438. The summed E-state index contributed by atoms with van der Waals surface area (Å²) in [5.74, 6) is -2.34. The van der Waals surface area contributed by atoms with Gasteiger partial charge in [0.05, 0.1) is 24.4 Å². The lowest BCUT2D eigenvalue weighted by atomic mass is 9.97. The molecule has 0 aliphatic rings. The zero-order valence-corrected chi connectivity index (χ0v) is 14.1. The van der Waals surface area contributed by atoms with Crippen LogP contribution in [-0.4, -0.2) is 35.4 Å². The number of ether oxygens (including phenoxy) is 1. The molecule has 9 nitrogen and oxygen atoms in total. The van der Waals surface area contributed by atoms with Gasteiger partial charge in [0.1, 0.15) is 6.04 Å². The molecule has 1 rings (SSSR count). The highest BCUT2D eigenvalue weighted by atomic mass is 16.6. The summed E-state index contributed by atoms with van der Waals surface area (Å²) in [6, 6.07) is 4.58. The average molecular weight is 351 g/mol. The molecule has 0 aliphatic heterocycles. The lowest BCUT2D eigenvalue weighted by molar-refractivity contribution is -0.384. The summed E-state index contributed by atoms with van der Waals surface area (Å²) in [6.07, 6.45) is -0.226. The Morgan fingerprint density at radius 2 is 2.04 bits per heavy atom. The third-order valence-electron chi connectivity index (χ3n) is 3.47. The van der Waals surface area contributed by atoms with Crippen molar-refractivity contribution in [1.82, 2.24) is 5.32 Å². The molecule has 0 spiro atoms. The molecule has 2 atom stereocenters. The van der Waals surface area contributed by atoms with E-state index in [1.54, 1.807) is 19.9 Å². The van der Waals surface area contributed by atoms with E-state index >= 15 is 0 Å². The van der Waals surface area contributed by atoms with Gasteiger partial charge >= 0.3 is 5.97 Å². The molecule has 2 amide bonds. The Morgan fingerprint density at radius 3 is 2.60 bits per heavy atom. The summed E-state index contributed by atoms with van der Waals surface area (Å²) in [4.78, 5) is 45.4. The van der Waals surface area contributed by atoms with Crippen molar-refractivity contribution in [3.8, 4) is 0 Å². The number of non-ortho nitro benzene ring substituents is 1. The zero-order valence-electron chi connectivity index (χ0n) is 14.1. The second kappa shape index (κ2) is 9.36. The van der Waals surface area contributed by atoms with Gasteiger partial charge < -0.3 is 15.8 Å². The molecule has 0 fully saturated rings. The van der Waals surface area contributed by atoms with Crippen molar-refractivity contribution in [2.75, 3.05) is 6.61 Å². The number of nitrogens with one attached hydrogen (secondary N) is 1. The first kappa shape index (κ1) is 20.1. The van der Waals surface area contributed by atoms with Crippen LogP contribution in [0.25, 0.3) is 0 Å². The number of hydrogen-bond acceptors (Lipinski definition) is 6. The van der Waals surface area contributed by atoms with Gasteiger partial charge in [0.25, 0.3) is 5.69 Å². The Labute approximate surface area is 144 Å². The van der Waals surface area contributed by atoms with E-state index in [2.05, 4.69) is 5.32 Å². The highest BCUT2D eigenvalue weighted by Crippen LogP contribution is 2.14. The SMILES string of the molecule is CCOC(=O)C[C@H](C)[C@H](NC(=O)Cc1cccc([N+](=O)[O-])c1)C(N)=O. The van der Waals surface area contributed by atoms with Crippen molar-refractivity contribution < 1.29 is 24.0 Å². The highest BCUT2D eigenvalue weighted by Gasteiger charge is 2.27. The van der Waals surface area contributed by atoms with E-state index in [4.69, 9.17) is 10.5 Å². The number of nitrogens with zero attached hydrogens (tertiary/aromatic N) is 1. The number of hydrogen-bond donors (Lipinski definition) is 2. The van der Waals surface area contributed by atoms with Crippen molar-refractivity contribution in [3.05, 3.63) is 39.9 Å². The van der Waals surface area contributed by atoms with Crippen molar-refractivity contribution >= 4 is 23.5 Å². The van der Waals surface area contributed by atoms with Gasteiger partial charge in [0.2, 0.25) is 11.8 Å². The van der Waals surface area contributed by atoms with Gasteiger partial charge in [-0.05, 0) is 18.4 Å². The molecule has 9 heteroatoms. The third-order valence-corrected chi connectivity index (χ3v) is 3.47. The van der Waals surface area contributed by atoms with E-state index in [-0.39, 0.29) is 25.1 Å². The number of carbonyl (C=O) groups is 3. The van der Waals surface area contributed by atoms with Crippen molar-refractivity contribution in [3.63, 3.8) is 0 Å². The predicted molar refractivity (Wildman–Crippen MR) is 88.3 cm³/mol. The molecule has 3 N–H and O–H groups in total. The number of nitro groups is 1. The average Bonchev–Trinajstić information content (AvgIpc) is 2.52. The Balaban J connectivity index is 2.73. The van der Waals surface area contributed by atoms with Crippen LogP contribution in [-0.2, 0) is 25.5 Å². The Kier molecular flexibility index (Phi) is 7.51. The first-order valence-corrected chi connectivity index (χ1v) is 7.72. The van der Waals surface area contributed by atoms with Crippen LogP contribution in [0.1, 0.15) is 25.8 Å². The van der Waals surface area contributed by atoms with Crippen LogP contribution in [0.5, 0.6) is 0 Å². The molecule has 25 heavy (non-hydrogen) atoms. The first-order valence-electron chi connectivity index (χ1n) is 7.72. The fourth-order valence-corrected chi connectivity index (χ4v) is 2.28. The maximum Gasteiger partial charge on any atom is 0.306 e. The van der Waals surface area contributed by atoms with Crippen LogP contribution in [0.15, 0.2) is 24.3 Å². The normalized spacial score (nSPS) is 12.7. The molecule has 0 aromatic heterocycles. The minimum atomic E-state index is -1.05. The second-order valence-electron chi connectivity index (χ2n) is 5.54. The number of rotatable bonds is 9. The number of benzene rings is 1. The topological polar surface area (TPSA) is 142 Å². The minimum absolute atomic E-state index is 0.0709. The number of primary amides is 1. The molecule has 0 unspecified atom stereocenters. The fourth-order valence-electron chi connectivity index (χ4n) is 2.28. The molecule has 136 valence electrons. The molecule has 1 aromatic rings. The lowest BCUT2D eigenvalue weighted by Gasteiger charge is -2.21. The van der Waals surface area contributed by atoms with Gasteiger partial charge in [-0.15, -0.1) is 0 Å². The van der Waals surface area contributed by atoms with E-state index in [1.807, 2.05) is 0 Å². The second-order valence-corrected chi connectivity index (χ2v) is 5.54. The van der Waals surface area contributed by atoms with Crippen LogP contribution in [0.4, 0.5) is 5.69 Å². The molecular weight excluding hydrogens is 330 g/mol. The summed E-state index contributed by atoms with van der Waals surface area (Å²) >= 11 is 0. The Bertz CT molecular complexity index is 661. The van der Waals surface area contributed by atoms with Gasteiger partial charge in [-0.2, -0.15) is 0 Å². The number of esters is 1. The van der Waals surface area contributed by atoms with E-state index in [1.165, 1.54) is 18.2 Å². The van der Waals surface area contributed by atoms with Crippen molar-refractivity contribution in [2.45, 2.75) is 32.7 Å². The Morgan fingerprint density at radius 1 is 1.36 bits per heavy atom. The number of amides is 2. The molecule has 0 saturated heterocycles. The summed E-state index contributed by atoms with van der Waals surface area (Å²) in [6.45, 7) is 3.47. The van der Waals surface area contributed by atoms with E-state index in [9.17, 15) is 24.5 Å². The van der Waals surface area contributed by atoms with Gasteiger partial charge in [-0.3, -0.25) is 24.5 Å². The predicted octanol–water partition coefficient (Wildman–Crippen LogP) is 0.697. The monoisotopic (exact) mass is 351 g/mol. The molecule has 0 aliphatic carbocycles. The van der Waals surface area contributed by atoms with Gasteiger partial charge in [-0.1, -0.05) is 19.1 Å². The van der Waals surface area contributed by atoms with Crippen molar-refractivity contribution in [1.29, 1.82) is 0 Å². The van der Waals surface area contributed by atoms with Crippen LogP contribution in [0.2, 0.25) is 0 Å². The maximum absolute atomic E-state index is 12.1. The molecule has 0 saturated carbocycles. The molecule has 1 aromatic carbocycles. The molecule has 0 radical (unpaired) electrons. The largest absolute Gasteiger partial charge is 0.466 e. The molecule has 0 bridgehead atoms. The maximum atomic E-state index is 12.1. The summed E-state index contributed by atoms with van der Waals surface area (Å²) in [5, 5.41) is 13.2. The zero-order chi connectivity index (χ0) is 19.0. The van der Waals surface area contributed by atoms with E-state index < -0.39 is 34.7 Å². The van der Waals surface area contributed by atoms with Crippen LogP contribution in [0.3, 0.4) is 0 Å². The van der Waals surface area contributed by atoms with Crippen LogP contribution in [0, 0.1) is 16.0 Å². The minimum Gasteiger partial charge on any atom is -0.466 e. The van der Waals surface area contributed by atoms with Gasteiger partial charge in [0, 0.05) is 12.1 Å². The van der Waals surface area contributed by atoms with Crippen LogP contribution < -0.4 is 11.1 Å². The van der Waals surface area contributed by atoms with Crippen molar-refractivity contribution in [2.24, 2.45) is 11.7 Å². The number of nitro benzene ring substituents is 1. The highest BCUT2D eigenvalue weighted by molar-refractivity contribution is 5.88. The Hall–Kier alpha value is -2.97. The molecule has 0 heterocycles. The number of nitrogens with two attached hydrogens (primary N) is 1. The van der Waals surface area contributed by atoms with Gasteiger partial charge in [-0.25, -0.2) is 0 Å². The third kappa shape index (κ3) is 6.58. The number of carbonyl (C=O) groups excluding carboxylic acids is 3. The van der Waals surface area contributed by atoms with Gasteiger partial charge in [0.15, 0.2) is 0 Å². The smallest absolute Gasteiger partial charge is 0.306 e. The first-order chi connectivity index (χ1) is 11.7. The lowest BCUT2D eigenvalue weighted by Crippen LogP contribution is -2.49. The van der Waals surface area contributed by atoms with Crippen LogP contribution >= 0.6 is 0 Å².